The monoisotopic (exact) mass is 411 g/mol. The Hall–Kier alpha value is -2.97. The predicted molar refractivity (Wildman–Crippen MR) is 99.8 cm³/mol. The van der Waals surface area contributed by atoms with Gasteiger partial charge in [-0.3, -0.25) is 20.4 Å². The van der Waals surface area contributed by atoms with E-state index in [1.807, 2.05) is 0 Å². The number of hydrogen-bond donors (Lipinski definition) is 3. The number of anilines is 1. The van der Waals surface area contributed by atoms with Crippen LogP contribution in [0.3, 0.4) is 0 Å². The molecule has 0 atom stereocenters. The first-order valence-corrected chi connectivity index (χ1v) is 8.22. The summed E-state index contributed by atoms with van der Waals surface area (Å²) < 4.78 is 9.92. The van der Waals surface area contributed by atoms with Gasteiger partial charge in [0.2, 0.25) is 0 Å². The van der Waals surface area contributed by atoms with Gasteiger partial charge in [0.15, 0.2) is 6.61 Å². The van der Waals surface area contributed by atoms with E-state index >= 15 is 0 Å². The number of carbonyl (C=O) groups excluding carboxylic acids is 3. The molecule has 0 unspecified atom stereocenters. The van der Waals surface area contributed by atoms with E-state index in [-0.39, 0.29) is 27.6 Å². The molecule has 0 fully saturated rings. The molecular formula is C17H15Cl2N3O5. The van der Waals surface area contributed by atoms with Crippen LogP contribution in [0, 0.1) is 0 Å². The Morgan fingerprint density at radius 2 is 1.74 bits per heavy atom. The zero-order chi connectivity index (χ0) is 20.0. The van der Waals surface area contributed by atoms with Crippen molar-refractivity contribution >= 4 is 46.7 Å². The lowest BCUT2D eigenvalue weighted by atomic mass is 10.2. The van der Waals surface area contributed by atoms with Crippen LogP contribution in [0.25, 0.3) is 0 Å². The van der Waals surface area contributed by atoms with Crippen LogP contribution < -0.4 is 21.3 Å². The summed E-state index contributed by atoms with van der Waals surface area (Å²) in [7, 11) is 1.35. The average Bonchev–Trinajstić information content (AvgIpc) is 2.66. The maximum absolute atomic E-state index is 12.1. The van der Waals surface area contributed by atoms with Crippen LogP contribution in [-0.2, 0) is 9.53 Å². The number of amides is 2. The van der Waals surface area contributed by atoms with Crippen molar-refractivity contribution < 1.29 is 23.9 Å². The number of rotatable bonds is 5. The Kier molecular flexibility index (Phi) is 6.86. The van der Waals surface area contributed by atoms with E-state index in [1.165, 1.54) is 43.5 Å². The highest BCUT2D eigenvalue weighted by Gasteiger charge is 2.18. The van der Waals surface area contributed by atoms with Crippen molar-refractivity contribution in [3.63, 3.8) is 0 Å². The van der Waals surface area contributed by atoms with E-state index in [2.05, 4.69) is 10.9 Å². The quantitative estimate of drug-likeness (QED) is 0.394. The van der Waals surface area contributed by atoms with E-state index in [9.17, 15) is 14.4 Å². The van der Waals surface area contributed by atoms with Crippen molar-refractivity contribution in [2.45, 2.75) is 0 Å². The highest BCUT2D eigenvalue weighted by Crippen LogP contribution is 2.29. The largest absolute Gasteiger partial charge is 0.496 e. The van der Waals surface area contributed by atoms with Gasteiger partial charge in [0.25, 0.3) is 11.8 Å². The van der Waals surface area contributed by atoms with Crippen molar-refractivity contribution in [3.05, 3.63) is 57.6 Å². The lowest BCUT2D eigenvalue weighted by molar-refractivity contribution is -0.125. The summed E-state index contributed by atoms with van der Waals surface area (Å²) in [6, 6.07) is 8.68. The smallest absolute Gasteiger partial charge is 0.342 e. The van der Waals surface area contributed by atoms with Gasteiger partial charge >= 0.3 is 5.97 Å². The number of hydrazine groups is 1. The molecule has 0 aliphatic carbocycles. The Labute approximate surface area is 164 Å². The zero-order valence-corrected chi connectivity index (χ0v) is 15.6. The second-order valence-electron chi connectivity index (χ2n) is 5.16. The molecule has 0 aromatic heterocycles. The molecule has 0 saturated heterocycles. The number of carbonyl (C=O) groups is 3. The number of methoxy groups -OCH3 is 1. The highest BCUT2D eigenvalue weighted by atomic mass is 35.5. The van der Waals surface area contributed by atoms with Gasteiger partial charge in [0, 0.05) is 16.7 Å². The molecule has 2 aromatic rings. The van der Waals surface area contributed by atoms with Crippen LogP contribution in [0.4, 0.5) is 5.69 Å². The summed E-state index contributed by atoms with van der Waals surface area (Å²) in [6.07, 6.45) is 0. The van der Waals surface area contributed by atoms with Crippen molar-refractivity contribution in [1.29, 1.82) is 0 Å². The molecule has 0 spiro atoms. The molecule has 2 aromatic carbocycles. The number of nitrogens with one attached hydrogen (secondary N) is 2. The molecule has 0 heterocycles. The summed E-state index contributed by atoms with van der Waals surface area (Å²) in [5.74, 6) is -1.99. The summed E-state index contributed by atoms with van der Waals surface area (Å²) in [5.41, 5.74) is 10.5. The SMILES string of the molecule is COc1cc(N)c(Cl)cc1C(=O)OCC(=O)NNC(=O)c1ccc(Cl)cc1. The van der Waals surface area contributed by atoms with Gasteiger partial charge in [-0.15, -0.1) is 0 Å². The van der Waals surface area contributed by atoms with E-state index in [1.54, 1.807) is 0 Å². The molecule has 2 amide bonds. The molecule has 0 aliphatic heterocycles. The van der Waals surface area contributed by atoms with E-state index in [4.69, 9.17) is 38.4 Å². The molecule has 142 valence electrons. The third-order valence-corrected chi connectivity index (χ3v) is 3.87. The van der Waals surface area contributed by atoms with Gasteiger partial charge in [-0.2, -0.15) is 0 Å². The van der Waals surface area contributed by atoms with E-state index in [0.717, 1.165) is 0 Å². The fourth-order valence-electron chi connectivity index (χ4n) is 1.94. The summed E-state index contributed by atoms with van der Waals surface area (Å²) in [4.78, 5) is 35.7. The average molecular weight is 412 g/mol. The Morgan fingerprint density at radius 3 is 2.37 bits per heavy atom. The molecule has 0 aliphatic rings. The van der Waals surface area contributed by atoms with Gasteiger partial charge in [-0.1, -0.05) is 23.2 Å². The first-order chi connectivity index (χ1) is 12.8. The van der Waals surface area contributed by atoms with Gasteiger partial charge in [-0.05, 0) is 30.3 Å². The van der Waals surface area contributed by atoms with Crippen molar-refractivity contribution in [2.24, 2.45) is 0 Å². The van der Waals surface area contributed by atoms with Crippen LogP contribution >= 0.6 is 23.2 Å². The fraction of sp³-hybridized carbons (Fsp3) is 0.118. The maximum atomic E-state index is 12.1. The Bertz CT molecular complexity index is 872. The number of hydrogen-bond acceptors (Lipinski definition) is 6. The predicted octanol–water partition coefficient (Wildman–Crippen LogP) is 2.20. The standard InChI is InChI=1S/C17H15Cl2N3O5/c1-26-14-7-13(20)12(19)6-11(14)17(25)27-8-15(23)21-22-16(24)9-2-4-10(18)5-3-9/h2-7H,8,20H2,1H3,(H,21,23)(H,22,24). The summed E-state index contributed by atoms with van der Waals surface area (Å²) in [6.45, 7) is -0.634. The third-order valence-electron chi connectivity index (χ3n) is 3.29. The maximum Gasteiger partial charge on any atom is 0.342 e. The van der Waals surface area contributed by atoms with Gasteiger partial charge in [-0.25, -0.2) is 4.79 Å². The Morgan fingerprint density at radius 1 is 1.07 bits per heavy atom. The summed E-state index contributed by atoms with van der Waals surface area (Å²) >= 11 is 11.6. The lowest BCUT2D eigenvalue weighted by Crippen LogP contribution is -2.43. The van der Waals surface area contributed by atoms with E-state index < -0.39 is 24.4 Å². The molecule has 0 bridgehead atoms. The van der Waals surface area contributed by atoms with Crippen LogP contribution in [0.1, 0.15) is 20.7 Å². The van der Waals surface area contributed by atoms with Crippen molar-refractivity contribution in [1.82, 2.24) is 10.9 Å². The molecule has 8 nitrogen and oxygen atoms in total. The number of nitrogen functional groups attached to an aromatic ring is 1. The normalized spacial score (nSPS) is 10.0. The number of nitrogens with two attached hydrogens (primary N) is 1. The molecule has 2 rings (SSSR count). The highest BCUT2D eigenvalue weighted by molar-refractivity contribution is 6.33. The topological polar surface area (TPSA) is 120 Å². The first kappa shape index (κ1) is 20.3. The molecule has 4 N–H and O–H groups in total. The lowest BCUT2D eigenvalue weighted by Gasteiger charge is -2.11. The molecule has 27 heavy (non-hydrogen) atoms. The summed E-state index contributed by atoms with van der Waals surface area (Å²) in [5, 5.41) is 0.614. The molecule has 0 saturated carbocycles. The number of ether oxygens (including phenoxy) is 2. The van der Waals surface area contributed by atoms with Crippen LogP contribution in [-0.4, -0.2) is 31.5 Å². The Balaban J connectivity index is 1.88. The van der Waals surface area contributed by atoms with Gasteiger partial charge in [0.1, 0.15) is 11.3 Å². The van der Waals surface area contributed by atoms with Crippen LogP contribution in [0.5, 0.6) is 5.75 Å². The van der Waals surface area contributed by atoms with Gasteiger partial charge < -0.3 is 15.2 Å². The molecule has 0 radical (unpaired) electrons. The van der Waals surface area contributed by atoms with Crippen molar-refractivity contribution in [3.8, 4) is 5.75 Å². The fourth-order valence-corrected chi connectivity index (χ4v) is 2.23. The second-order valence-corrected chi connectivity index (χ2v) is 6.00. The number of esters is 1. The molecule has 10 heteroatoms. The number of halogens is 2. The van der Waals surface area contributed by atoms with E-state index in [0.29, 0.717) is 5.02 Å². The minimum absolute atomic E-state index is 0.00898. The first-order valence-electron chi connectivity index (χ1n) is 7.46. The third kappa shape index (κ3) is 5.50. The zero-order valence-electron chi connectivity index (χ0n) is 14.0. The van der Waals surface area contributed by atoms with Crippen LogP contribution in [0.2, 0.25) is 10.0 Å². The minimum Gasteiger partial charge on any atom is -0.496 e. The van der Waals surface area contributed by atoms with Crippen molar-refractivity contribution in [2.75, 3.05) is 19.5 Å². The molecular weight excluding hydrogens is 397 g/mol. The van der Waals surface area contributed by atoms with Crippen LogP contribution in [0.15, 0.2) is 36.4 Å². The second kappa shape index (κ2) is 9.11. The minimum atomic E-state index is -0.840. The van der Waals surface area contributed by atoms with Gasteiger partial charge in [0.05, 0.1) is 17.8 Å². The number of benzene rings is 2.